The van der Waals surface area contributed by atoms with Crippen molar-refractivity contribution in [1.29, 1.82) is 0 Å². The van der Waals surface area contributed by atoms with E-state index < -0.39 is 0 Å². The van der Waals surface area contributed by atoms with E-state index in [1.807, 2.05) is 32.3 Å². The fourth-order valence-electron chi connectivity index (χ4n) is 2.86. The zero-order valence-corrected chi connectivity index (χ0v) is 19.9. The van der Waals surface area contributed by atoms with E-state index in [4.69, 9.17) is 9.47 Å². The number of aromatic nitrogens is 3. The number of hydrogen-bond donors (Lipinski definition) is 4. The molecule has 0 aliphatic carbocycles. The quantitative estimate of drug-likeness (QED) is 0.201. The number of rotatable bonds is 14. The van der Waals surface area contributed by atoms with Crippen LogP contribution in [0.3, 0.4) is 0 Å². The minimum absolute atomic E-state index is 0.117. The zero-order chi connectivity index (χ0) is 24.9. The van der Waals surface area contributed by atoms with Gasteiger partial charge < -0.3 is 35.4 Å². The summed E-state index contributed by atoms with van der Waals surface area (Å²) in [6.45, 7) is 2.65. The molecule has 3 rings (SSSR count). The van der Waals surface area contributed by atoms with Crippen LogP contribution in [0.2, 0.25) is 0 Å². The van der Waals surface area contributed by atoms with E-state index in [0.29, 0.717) is 62.9 Å². The number of hydrogen-bond acceptors (Lipinski definition) is 10. The van der Waals surface area contributed by atoms with Gasteiger partial charge in [0, 0.05) is 38.4 Å². The van der Waals surface area contributed by atoms with E-state index in [1.54, 1.807) is 41.3 Å². The molecule has 1 amide bonds. The Labute approximate surface area is 204 Å². The zero-order valence-electron chi connectivity index (χ0n) is 19.9. The average Bonchev–Trinajstić information content (AvgIpc) is 2.86. The van der Waals surface area contributed by atoms with Crippen LogP contribution in [0.5, 0.6) is 5.75 Å². The molecule has 0 saturated carbocycles. The molecule has 2 aromatic carbocycles. The lowest BCUT2D eigenvalue weighted by Gasteiger charge is -2.14. The number of aromatic hydroxyl groups is 1. The first kappa shape index (κ1) is 25.7. The standard InChI is InChI=1S/C24H31N7O4/c1-31(2)24-29-22(28-23(30-24)27-19-8-10-20(32)11-9-19)26-13-15-35-17-16-34-14-12-25-21(33)18-6-4-3-5-7-18/h3-11,32H,12-17H2,1-2H3,(H,25,33)(H2,26,27,28,29,30). The lowest BCUT2D eigenvalue weighted by atomic mass is 10.2. The number of nitrogens with zero attached hydrogens (tertiary/aromatic N) is 4. The van der Waals surface area contributed by atoms with Gasteiger partial charge in [-0.1, -0.05) is 18.2 Å². The molecular weight excluding hydrogens is 450 g/mol. The van der Waals surface area contributed by atoms with Crippen molar-refractivity contribution < 1.29 is 19.4 Å². The smallest absolute Gasteiger partial charge is 0.251 e. The minimum atomic E-state index is -0.117. The van der Waals surface area contributed by atoms with E-state index in [-0.39, 0.29) is 11.7 Å². The fraction of sp³-hybridized carbons (Fsp3) is 0.333. The summed E-state index contributed by atoms with van der Waals surface area (Å²) in [5, 5.41) is 18.5. The van der Waals surface area contributed by atoms with Crippen LogP contribution in [0.25, 0.3) is 0 Å². The molecule has 0 bridgehead atoms. The third-order valence-electron chi connectivity index (χ3n) is 4.62. The Balaban J connectivity index is 1.32. The van der Waals surface area contributed by atoms with Crippen molar-refractivity contribution >= 4 is 29.4 Å². The van der Waals surface area contributed by atoms with Crippen LogP contribution in [0.15, 0.2) is 54.6 Å². The van der Waals surface area contributed by atoms with Crippen molar-refractivity contribution in [1.82, 2.24) is 20.3 Å². The highest BCUT2D eigenvalue weighted by Crippen LogP contribution is 2.19. The van der Waals surface area contributed by atoms with Crippen LogP contribution < -0.4 is 20.9 Å². The Hall–Kier alpha value is -3.96. The predicted octanol–water partition coefficient (Wildman–Crippen LogP) is 2.26. The van der Waals surface area contributed by atoms with Crippen molar-refractivity contribution in [2.45, 2.75) is 0 Å². The molecule has 186 valence electrons. The molecule has 0 aliphatic rings. The molecule has 1 aromatic heterocycles. The summed E-state index contributed by atoms with van der Waals surface area (Å²) in [4.78, 5) is 26.9. The van der Waals surface area contributed by atoms with E-state index in [2.05, 4.69) is 30.9 Å². The van der Waals surface area contributed by atoms with Crippen LogP contribution in [-0.4, -0.2) is 79.6 Å². The van der Waals surface area contributed by atoms with Crippen molar-refractivity contribution in [3.8, 4) is 5.75 Å². The maximum absolute atomic E-state index is 11.9. The number of phenolic OH excluding ortho intramolecular Hbond substituents is 1. The molecule has 0 unspecified atom stereocenters. The number of phenols is 1. The lowest BCUT2D eigenvalue weighted by Crippen LogP contribution is -2.27. The second-order valence-corrected chi connectivity index (χ2v) is 7.62. The number of anilines is 4. The molecule has 1 heterocycles. The minimum Gasteiger partial charge on any atom is -0.508 e. The molecule has 0 aliphatic heterocycles. The Morgan fingerprint density at radius 3 is 2.20 bits per heavy atom. The third-order valence-corrected chi connectivity index (χ3v) is 4.62. The van der Waals surface area contributed by atoms with Crippen LogP contribution in [-0.2, 0) is 9.47 Å². The van der Waals surface area contributed by atoms with Crippen LogP contribution in [0.1, 0.15) is 10.4 Å². The van der Waals surface area contributed by atoms with E-state index in [9.17, 15) is 9.90 Å². The molecule has 0 radical (unpaired) electrons. The SMILES string of the molecule is CN(C)c1nc(NCCOCCOCCNC(=O)c2ccccc2)nc(Nc2ccc(O)cc2)n1. The predicted molar refractivity (Wildman–Crippen MR) is 134 cm³/mol. The van der Waals surface area contributed by atoms with Crippen molar-refractivity contribution in [2.24, 2.45) is 0 Å². The molecular formula is C24H31N7O4. The highest BCUT2D eigenvalue weighted by atomic mass is 16.5. The first-order valence-electron chi connectivity index (χ1n) is 11.2. The number of benzene rings is 2. The maximum atomic E-state index is 11.9. The van der Waals surface area contributed by atoms with Crippen LogP contribution in [0, 0.1) is 0 Å². The van der Waals surface area contributed by atoms with Crippen LogP contribution >= 0.6 is 0 Å². The molecule has 0 saturated heterocycles. The number of ether oxygens (including phenoxy) is 2. The Kier molecular flexibility index (Phi) is 10.0. The van der Waals surface area contributed by atoms with Gasteiger partial charge in [-0.25, -0.2) is 0 Å². The molecule has 0 spiro atoms. The van der Waals surface area contributed by atoms with Gasteiger partial charge in [-0.3, -0.25) is 4.79 Å². The lowest BCUT2D eigenvalue weighted by molar-refractivity contribution is 0.0519. The summed E-state index contributed by atoms with van der Waals surface area (Å²) in [6, 6.07) is 15.7. The number of carbonyl (C=O) groups is 1. The molecule has 0 fully saturated rings. The van der Waals surface area contributed by atoms with E-state index in [0.717, 1.165) is 5.69 Å². The fourth-order valence-corrected chi connectivity index (χ4v) is 2.86. The average molecular weight is 482 g/mol. The van der Waals surface area contributed by atoms with Gasteiger partial charge in [0.05, 0.1) is 26.4 Å². The molecule has 11 nitrogen and oxygen atoms in total. The Morgan fingerprint density at radius 1 is 0.857 bits per heavy atom. The van der Waals surface area contributed by atoms with Gasteiger partial charge in [-0.2, -0.15) is 15.0 Å². The van der Waals surface area contributed by atoms with Crippen molar-refractivity contribution in [3.63, 3.8) is 0 Å². The maximum Gasteiger partial charge on any atom is 0.251 e. The number of amides is 1. The number of carbonyl (C=O) groups excluding carboxylic acids is 1. The van der Waals surface area contributed by atoms with Gasteiger partial charge in [0.15, 0.2) is 0 Å². The van der Waals surface area contributed by atoms with Crippen LogP contribution in [0.4, 0.5) is 23.5 Å². The molecule has 11 heteroatoms. The first-order chi connectivity index (χ1) is 17.0. The van der Waals surface area contributed by atoms with Crippen molar-refractivity contribution in [2.75, 3.05) is 69.1 Å². The molecule has 0 atom stereocenters. The summed E-state index contributed by atoms with van der Waals surface area (Å²) in [7, 11) is 3.69. The normalized spacial score (nSPS) is 10.6. The molecule has 3 aromatic rings. The van der Waals surface area contributed by atoms with Gasteiger partial charge in [0.2, 0.25) is 17.8 Å². The first-order valence-corrected chi connectivity index (χ1v) is 11.2. The largest absolute Gasteiger partial charge is 0.508 e. The summed E-state index contributed by atoms with van der Waals surface area (Å²) in [6.07, 6.45) is 0. The highest BCUT2D eigenvalue weighted by molar-refractivity contribution is 5.94. The number of nitrogens with one attached hydrogen (secondary N) is 3. The monoisotopic (exact) mass is 481 g/mol. The second-order valence-electron chi connectivity index (χ2n) is 7.62. The van der Waals surface area contributed by atoms with Gasteiger partial charge in [-0.05, 0) is 36.4 Å². The Morgan fingerprint density at radius 2 is 1.51 bits per heavy atom. The molecule has 35 heavy (non-hydrogen) atoms. The molecule has 4 N–H and O–H groups in total. The van der Waals surface area contributed by atoms with Gasteiger partial charge in [0.25, 0.3) is 5.91 Å². The van der Waals surface area contributed by atoms with E-state index in [1.165, 1.54) is 0 Å². The summed E-state index contributed by atoms with van der Waals surface area (Å²) in [5.41, 5.74) is 1.37. The van der Waals surface area contributed by atoms with Gasteiger partial charge in [0.1, 0.15) is 5.75 Å². The second kappa shape index (κ2) is 13.7. The highest BCUT2D eigenvalue weighted by Gasteiger charge is 2.09. The Bertz CT molecular complexity index is 1050. The topological polar surface area (TPSA) is 134 Å². The summed E-state index contributed by atoms with van der Waals surface area (Å²) >= 11 is 0. The van der Waals surface area contributed by atoms with Crippen molar-refractivity contribution in [3.05, 3.63) is 60.2 Å². The summed E-state index contributed by atoms with van der Waals surface area (Å²) < 4.78 is 11.1. The van der Waals surface area contributed by atoms with Gasteiger partial charge >= 0.3 is 0 Å². The summed E-state index contributed by atoms with van der Waals surface area (Å²) in [5.74, 6) is 1.36. The van der Waals surface area contributed by atoms with E-state index >= 15 is 0 Å². The van der Waals surface area contributed by atoms with Gasteiger partial charge in [-0.15, -0.1) is 0 Å². The third kappa shape index (κ3) is 9.07.